The van der Waals surface area contributed by atoms with E-state index in [2.05, 4.69) is 15.9 Å². The van der Waals surface area contributed by atoms with E-state index in [1.807, 2.05) is 19.1 Å². The highest BCUT2D eigenvalue weighted by Gasteiger charge is 2.04. The number of aliphatic hydroxyl groups excluding tert-OH is 1. The van der Waals surface area contributed by atoms with Crippen LogP contribution in [0.1, 0.15) is 11.1 Å². The summed E-state index contributed by atoms with van der Waals surface area (Å²) in [4.78, 5) is 0. The number of rotatable bonds is 3. The fraction of sp³-hybridized carbons (Fsp3) is 0.400. The predicted octanol–water partition coefficient (Wildman–Crippen LogP) is 2.30. The maximum Gasteiger partial charge on any atom is 0.122 e. The molecule has 0 aliphatic heterocycles. The van der Waals surface area contributed by atoms with Crippen molar-refractivity contribution in [2.45, 2.75) is 13.3 Å². The third kappa shape index (κ3) is 2.45. The molecule has 0 radical (unpaired) electrons. The molecule has 0 aromatic heterocycles. The van der Waals surface area contributed by atoms with Crippen LogP contribution in [0, 0.1) is 6.92 Å². The Morgan fingerprint density at radius 1 is 1.46 bits per heavy atom. The largest absolute Gasteiger partial charge is 0.496 e. The molecule has 13 heavy (non-hydrogen) atoms. The highest BCUT2D eigenvalue weighted by molar-refractivity contribution is 9.10. The summed E-state index contributed by atoms with van der Waals surface area (Å²) in [6.45, 7) is 2.15. The van der Waals surface area contributed by atoms with E-state index in [1.54, 1.807) is 7.11 Å². The van der Waals surface area contributed by atoms with Crippen LogP contribution in [0.3, 0.4) is 0 Å². The number of halogens is 1. The average molecular weight is 245 g/mol. The van der Waals surface area contributed by atoms with Gasteiger partial charge < -0.3 is 9.84 Å². The quantitative estimate of drug-likeness (QED) is 0.885. The summed E-state index contributed by atoms with van der Waals surface area (Å²) < 4.78 is 6.21. The van der Waals surface area contributed by atoms with E-state index in [9.17, 15) is 0 Å². The first-order chi connectivity index (χ1) is 6.19. The number of methoxy groups -OCH3 is 1. The number of ether oxygens (including phenoxy) is 1. The first-order valence-electron chi connectivity index (χ1n) is 4.13. The van der Waals surface area contributed by atoms with Crippen molar-refractivity contribution in [1.29, 1.82) is 0 Å². The molecule has 0 aliphatic carbocycles. The van der Waals surface area contributed by atoms with Crippen molar-refractivity contribution in [2.24, 2.45) is 0 Å². The molecule has 1 N–H and O–H groups in total. The summed E-state index contributed by atoms with van der Waals surface area (Å²) in [6.07, 6.45) is 0.650. The molecule has 0 amide bonds. The molecular formula is C10H13BrO2. The Kier molecular flexibility index (Phi) is 3.75. The lowest BCUT2D eigenvalue weighted by Gasteiger charge is -2.09. The van der Waals surface area contributed by atoms with E-state index in [4.69, 9.17) is 9.84 Å². The van der Waals surface area contributed by atoms with E-state index < -0.39 is 0 Å². The van der Waals surface area contributed by atoms with Crippen molar-refractivity contribution in [3.05, 3.63) is 27.7 Å². The third-order valence-corrected chi connectivity index (χ3v) is 2.68. The zero-order chi connectivity index (χ0) is 9.84. The van der Waals surface area contributed by atoms with Crippen LogP contribution in [-0.2, 0) is 6.42 Å². The Morgan fingerprint density at radius 2 is 2.15 bits per heavy atom. The molecule has 1 aromatic rings. The smallest absolute Gasteiger partial charge is 0.122 e. The normalized spacial score (nSPS) is 10.2. The van der Waals surface area contributed by atoms with Gasteiger partial charge in [0.15, 0.2) is 0 Å². The van der Waals surface area contributed by atoms with Crippen LogP contribution in [0.15, 0.2) is 16.6 Å². The van der Waals surface area contributed by atoms with Gasteiger partial charge in [0.05, 0.1) is 7.11 Å². The second kappa shape index (κ2) is 4.63. The van der Waals surface area contributed by atoms with Crippen molar-refractivity contribution in [3.63, 3.8) is 0 Å². The van der Waals surface area contributed by atoms with Crippen LogP contribution in [0.5, 0.6) is 5.75 Å². The second-order valence-electron chi connectivity index (χ2n) is 2.89. The second-order valence-corrected chi connectivity index (χ2v) is 3.74. The van der Waals surface area contributed by atoms with E-state index in [0.29, 0.717) is 6.42 Å². The number of aliphatic hydroxyl groups is 1. The van der Waals surface area contributed by atoms with Gasteiger partial charge in [0.1, 0.15) is 5.75 Å². The van der Waals surface area contributed by atoms with Gasteiger partial charge in [-0.2, -0.15) is 0 Å². The lowest BCUT2D eigenvalue weighted by Crippen LogP contribution is -1.95. The number of hydrogen-bond acceptors (Lipinski definition) is 2. The minimum absolute atomic E-state index is 0.158. The van der Waals surface area contributed by atoms with Gasteiger partial charge in [-0.05, 0) is 36.6 Å². The highest BCUT2D eigenvalue weighted by Crippen LogP contribution is 2.26. The summed E-state index contributed by atoms with van der Waals surface area (Å²) in [5.41, 5.74) is 2.17. The summed E-state index contributed by atoms with van der Waals surface area (Å²) in [5, 5.41) is 8.82. The van der Waals surface area contributed by atoms with E-state index in [-0.39, 0.29) is 6.61 Å². The maximum absolute atomic E-state index is 8.82. The van der Waals surface area contributed by atoms with Gasteiger partial charge in [-0.1, -0.05) is 15.9 Å². The van der Waals surface area contributed by atoms with Gasteiger partial charge in [0, 0.05) is 11.1 Å². The summed E-state index contributed by atoms with van der Waals surface area (Å²) in [5.74, 6) is 0.867. The monoisotopic (exact) mass is 244 g/mol. The molecule has 0 aliphatic rings. The van der Waals surface area contributed by atoms with Gasteiger partial charge in [-0.25, -0.2) is 0 Å². The number of benzene rings is 1. The van der Waals surface area contributed by atoms with Crippen LogP contribution in [0.2, 0.25) is 0 Å². The summed E-state index contributed by atoms with van der Waals surface area (Å²) in [6, 6.07) is 3.96. The molecular weight excluding hydrogens is 232 g/mol. The summed E-state index contributed by atoms with van der Waals surface area (Å²) in [7, 11) is 1.65. The zero-order valence-electron chi connectivity index (χ0n) is 7.80. The zero-order valence-corrected chi connectivity index (χ0v) is 9.39. The van der Waals surface area contributed by atoms with Crippen LogP contribution in [0.25, 0.3) is 0 Å². The van der Waals surface area contributed by atoms with Crippen LogP contribution >= 0.6 is 15.9 Å². The molecule has 0 saturated heterocycles. The Morgan fingerprint density at radius 3 is 2.69 bits per heavy atom. The van der Waals surface area contributed by atoms with Crippen molar-refractivity contribution < 1.29 is 9.84 Å². The standard InChI is InChI=1S/C10H13BrO2/c1-7-5-9(11)8(3-4-12)6-10(7)13-2/h5-6,12H,3-4H2,1-2H3. The lowest BCUT2D eigenvalue weighted by atomic mass is 10.1. The molecule has 1 aromatic carbocycles. The number of aryl methyl sites for hydroxylation is 1. The molecule has 0 unspecified atom stereocenters. The molecule has 0 bridgehead atoms. The Balaban J connectivity index is 3.06. The minimum atomic E-state index is 0.158. The van der Waals surface area contributed by atoms with Gasteiger partial charge in [0.2, 0.25) is 0 Å². The predicted molar refractivity (Wildman–Crippen MR) is 56.2 cm³/mol. The topological polar surface area (TPSA) is 29.5 Å². The first-order valence-corrected chi connectivity index (χ1v) is 4.92. The summed E-state index contributed by atoms with van der Waals surface area (Å²) >= 11 is 3.44. The van der Waals surface area contributed by atoms with E-state index >= 15 is 0 Å². The highest BCUT2D eigenvalue weighted by atomic mass is 79.9. The minimum Gasteiger partial charge on any atom is -0.496 e. The van der Waals surface area contributed by atoms with E-state index in [0.717, 1.165) is 21.3 Å². The Hall–Kier alpha value is -0.540. The van der Waals surface area contributed by atoms with Gasteiger partial charge in [-0.15, -0.1) is 0 Å². The molecule has 0 heterocycles. The molecule has 2 nitrogen and oxygen atoms in total. The Labute approximate surface area is 86.7 Å². The lowest BCUT2D eigenvalue weighted by molar-refractivity contribution is 0.299. The number of hydrogen-bond donors (Lipinski definition) is 1. The fourth-order valence-electron chi connectivity index (χ4n) is 1.23. The van der Waals surface area contributed by atoms with Crippen LogP contribution < -0.4 is 4.74 Å². The Bertz CT molecular complexity index is 297. The SMILES string of the molecule is COc1cc(CCO)c(Br)cc1C. The van der Waals surface area contributed by atoms with Gasteiger partial charge in [0.25, 0.3) is 0 Å². The van der Waals surface area contributed by atoms with Crippen molar-refractivity contribution in [1.82, 2.24) is 0 Å². The third-order valence-electron chi connectivity index (χ3n) is 1.95. The van der Waals surface area contributed by atoms with E-state index in [1.165, 1.54) is 0 Å². The maximum atomic E-state index is 8.82. The van der Waals surface area contributed by atoms with Crippen LogP contribution in [-0.4, -0.2) is 18.8 Å². The van der Waals surface area contributed by atoms with Crippen molar-refractivity contribution >= 4 is 15.9 Å². The molecule has 1 rings (SSSR count). The molecule has 0 saturated carbocycles. The first kappa shape index (κ1) is 10.5. The van der Waals surface area contributed by atoms with Crippen LogP contribution in [0.4, 0.5) is 0 Å². The van der Waals surface area contributed by atoms with Gasteiger partial charge >= 0.3 is 0 Å². The van der Waals surface area contributed by atoms with Gasteiger partial charge in [-0.3, -0.25) is 0 Å². The molecule has 0 fully saturated rings. The molecule has 3 heteroatoms. The van der Waals surface area contributed by atoms with Crippen molar-refractivity contribution in [3.8, 4) is 5.75 Å². The average Bonchev–Trinajstić information content (AvgIpc) is 2.10. The molecule has 0 spiro atoms. The van der Waals surface area contributed by atoms with Crippen molar-refractivity contribution in [2.75, 3.05) is 13.7 Å². The molecule has 0 atom stereocenters. The molecule has 72 valence electrons. The fourth-order valence-corrected chi connectivity index (χ4v) is 1.88.